The fourth-order valence-electron chi connectivity index (χ4n) is 4.38. The topological polar surface area (TPSA) is 53.6 Å². The van der Waals surface area contributed by atoms with Gasteiger partial charge in [-0.2, -0.15) is 0 Å². The van der Waals surface area contributed by atoms with Crippen LogP contribution in [-0.4, -0.2) is 55.9 Å². The number of hydrogen-bond acceptors (Lipinski definition) is 4. The lowest BCUT2D eigenvalue weighted by Gasteiger charge is -2.35. The summed E-state index contributed by atoms with van der Waals surface area (Å²) in [5, 5.41) is 6.41. The first-order valence-electron chi connectivity index (χ1n) is 10.1. The zero-order valence-corrected chi connectivity index (χ0v) is 16.7. The van der Waals surface area contributed by atoms with Gasteiger partial charge in [0.25, 0.3) is 0 Å². The second-order valence-corrected chi connectivity index (χ2v) is 8.36. The highest BCUT2D eigenvalue weighted by Gasteiger charge is 2.30. The Morgan fingerprint density at radius 3 is 2.25 bits per heavy atom. The molecule has 1 aliphatic heterocycles. The van der Waals surface area contributed by atoms with Gasteiger partial charge < -0.3 is 15.4 Å². The minimum absolute atomic E-state index is 0.0921. The predicted octanol–water partition coefficient (Wildman–Crippen LogP) is 3.21. The van der Waals surface area contributed by atoms with Crippen LogP contribution in [-0.2, 0) is 4.74 Å². The number of benzene rings is 2. The van der Waals surface area contributed by atoms with Gasteiger partial charge in [0, 0.05) is 38.6 Å². The first-order chi connectivity index (χ1) is 13.5. The molecule has 0 spiro atoms. The number of piperazine rings is 1. The molecule has 1 fully saturated rings. The van der Waals surface area contributed by atoms with E-state index in [0.29, 0.717) is 6.61 Å². The SMILES string of the molecule is CC(C)(CN1CCNCC1)NC(=O)OCC1c2ccccc2-c2ccccc21. The van der Waals surface area contributed by atoms with Crippen molar-refractivity contribution in [3.63, 3.8) is 0 Å². The summed E-state index contributed by atoms with van der Waals surface area (Å²) in [5.74, 6) is 0.0921. The second kappa shape index (κ2) is 7.94. The summed E-state index contributed by atoms with van der Waals surface area (Å²) < 4.78 is 5.68. The van der Waals surface area contributed by atoms with Crippen LogP contribution in [0.25, 0.3) is 11.1 Å². The number of amides is 1. The van der Waals surface area contributed by atoms with Gasteiger partial charge in [0.1, 0.15) is 6.61 Å². The second-order valence-electron chi connectivity index (χ2n) is 8.36. The van der Waals surface area contributed by atoms with Gasteiger partial charge in [-0.25, -0.2) is 4.79 Å². The molecule has 0 saturated carbocycles. The van der Waals surface area contributed by atoms with Crippen molar-refractivity contribution in [2.24, 2.45) is 0 Å². The standard InChI is InChI=1S/C23H29N3O2/c1-23(2,16-26-13-11-24-12-14-26)25-22(27)28-15-21-19-9-5-3-7-17(19)18-8-4-6-10-20(18)21/h3-10,21,24H,11-16H2,1-2H3,(H,25,27). The molecular weight excluding hydrogens is 350 g/mol. The molecule has 0 unspecified atom stereocenters. The zero-order chi connectivity index (χ0) is 19.6. The van der Waals surface area contributed by atoms with Gasteiger partial charge in [-0.3, -0.25) is 4.90 Å². The van der Waals surface area contributed by atoms with E-state index in [9.17, 15) is 4.79 Å². The molecule has 0 bridgehead atoms. The molecule has 5 nitrogen and oxygen atoms in total. The van der Waals surface area contributed by atoms with Crippen molar-refractivity contribution in [3.05, 3.63) is 59.7 Å². The number of alkyl carbamates (subject to hydrolysis) is 1. The fraction of sp³-hybridized carbons (Fsp3) is 0.435. The third-order valence-electron chi connectivity index (χ3n) is 5.61. The van der Waals surface area contributed by atoms with Crippen molar-refractivity contribution in [2.45, 2.75) is 25.3 Å². The number of carbonyl (C=O) groups excluding carboxylic acids is 1. The molecule has 0 radical (unpaired) electrons. The van der Waals surface area contributed by atoms with Gasteiger partial charge >= 0.3 is 6.09 Å². The maximum absolute atomic E-state index is 12.5. The molecule has 148 valence electrons. The molecule has 28 heavy (non-hydrogen) atoms. The van der Waals surface area contributed by atoms with Crippen molar-refractivity contribution in [1.29, 1.82) is 0 Å². The van der Waals surface area contributed by atoms with Crippen molar-refractivity contribution < 1.29 is 9.53 Å². The van der Waals surface area contributed by atoms with Crippen LogP contribution in [0.2, 0.25) is 0 Å². The van der Waals surface area contributed by atoms with Crippen LogP contribution in [0.15, 0.2) is 48.5 Å². The van der Waals surface area contributed by atoms with Crippen molar-refractivity contribution >= 4 is 6.09 Å². The largest absolute Gasteiger partial charge is 0.449 e. The van der Waals surface area contributed by atoms with Gasteiger partial charge in [0.05, 0.1) is 5.54 Å². The molecule has 1 amide bonds. The van der Waals surface area contributed by atoms with E-state index in [0.717, 1.165) is 32.7 Å². The Bertz CT molecular complexity index is 798. The van der Waals surface area contributed by atoms with Crippen LogP contribution in [0.3, 0.4) is 0 Å². The number of rotatable bonds is 5. The normalized spacial score (nSPS) is 17.1. The van der Waals surface area contributed by atoms with E-state index < -0.39 is 0 Å². The minimum atomic E-state index is -0.345. The Labute approximate surface area is 167 Å². The molecule has 0 aromatic heterocycles. The highest BCUT2D eigenvalue weighted by molar-refractivity contribution is 5.79. The first kappa shape index (κ1) is 19.0. The quantitative estimate of drug-likeness (QED) is 0.838. The third kappa shape index (κ3) is 4.05. The Balaban J connectivity index is 1.38. The lowest BCUT2D eigenvalue weighted by atomic mass is 9.98. The molecule has 1 heterocycles. The monoisotopic (exact) mass is 379 g/mol. The third-order valence-corrected chi connectivity index (χ3v) is 5.61. The molecular formula is C23H29N3O2. The summed E-state index contributed by atoms with van der Waals surface area (Å²) in [6.45, 7) is 9.29. The maximum Gasteiger partial charge on any atom is 0.407 e. The van der Waals surface area contributed by atoms with Crippen LogP contribution in [0.1, 0.15) is 30.9 Å². The molecule has 2 aromatic carbocycles. The molecule has 1 aliphatic carbocycles. The lowest BCUT2D eigenvalue weighted by Crippen LogP contribution is -2.55. The van der Waals surface area contributed by atoms with Crippen LogP contribution in [0, 0.1) is 0 Å². The van der Waals surface area contributed by atoms with E-state index in [2.05, 4.69) is 65.8 Å². The summed E-state index contributed by atoms with van der Waals surface area (Å²) in [5.41, 5.74) is 4.62. The first-order valence-corrected chi connectivity index (χ1v) is 10.1. The van der Waals surface area contributed by atoms with Crippen LogP contribution in [0.4, 0.5) is 4.79 Å². The van der Waals surface area contributed by atoms with Gasteiger partial charge in [-0.15, -0.1) is 0 Å². The Morgan fingerprint density at radius 2 is 1.64 bits per heavy atom. The predicted molar refractivity (Wildman–Crippen MR) is 112 cm³/mol. The van der Waals surface area contributed by atoms with Crippen molar-refractivity contribution in [1.82, 2.24) is 15.5 Å². The molecule has 2 N–H and O–H groups in total. The molecule has 2 aliphatic rings. The number of nitrogens with zero attached hydrogens (tertiary/aromatic N) is 1. The van der Waals surface area contributed by atoms with Gasteiger partial charge in [0.15, 0.2) is 0 Å². The highest BCUT2D eigenvalue weighted by atomic mass is 16.5. The Hall–Kier alpha value is -2.37. The van der Waals surface area contributed by atoms with E-state index >= 15 is 0 Å². The molecule has 1 saturated heterocycles. The summed E-state index contributed by atoms with van der Waals surface area (Å²) in [6.07, 6.45) is -0.345. The van der Waals surface area contributed by atoms with Crippen LogP contribution < -0.4 is 10.6 Å². The minimum Gasteiger partial charge on any atom is -0.449 e. The van der Waals surface area contributed by atoms with E-state index in [-0.39, 0.29) is 17.6 Å². The Morgan fingerprint density at radius 1 is 1.07 bits per heavy atom. The number of nitrogens with one attached hydrogen (secondary N) is 2. The van der Waals surface area contributed by atoms with Crippen LogP contribution in [0.5, 0.6) is 0 Å². The van der Waals surface area contributed by atoms with Gasteiger partial charge in [-0.1, -0.05) is 48.5 Å². The van der Waals surface area contributed by atoms with E-state index in [4.69, 9.17) is 4.74 Å². The van der Waals surface area contributed by atoms with Crippen molar-refractivity contribution in [2.75, 3.05) is 39.3 Å². The average molecular weight is 380 g/mol. The van der Waals surface area contributed by atoms with E-state index in [1.807, 2.05) is 12.1 Å². The number of hydrogen-bond donors (Lipinski definition) is 2. The van der Waals surface area contributed by atoms with Crippen LogP contribution >= 0.6 is 0 Å². The van der Waals surface area contributed by atoms with Crippen molar-refractivity contribution in [3.8, 4) is 11.1 Å². The number of ether oxygens (including phenoxy) is 1. The summed E-state index contributed by atoms with van der Waals surface area (Å²) >= 11 is 0. The van der Waals surface area contributed by atoms with E-state index in [1.165, 1.54) is 22.3 Å². The summed E-state index contributed by atoms with van der Waals surface area (Å²) in [4.78, 5) is 14.9. The molecule has 2 aromatic rings. The number of carbonyl (C=O) groups is 1. The lowest BCUT2D eigenvalue weighted by molar-refractivity contribution is 0.121. The van der Waals surface area contributed by atoms with E-state index in [1.54, 1.807) is 0 Å². The summed E-state index contributed by atoms with van der Waals surface area (Å²) in [7, 11) is 0. The fourth-order valence-corrected chi connectivity index (χ4v) is 4.38. The van der Waals surface area contributed by atoms with Gasteiger partial charge in [-0.05, 0) is 36.1 Å². The Kier molecular flexibility index (Phi) is 5.38. The maximum atomic E-state index is 12.5. The summed E-state index contributed by atoms with van der Waals surface area (Å²) in [6, 6.07) is 16.8. The molecule has 4 rings (SSSR count). The van der Waals surface area contributed by atoms with Gasteiger partial charge in [0.2, 0.25) is 0 Å². The highest BCUT2D eigenvalue weighted by Crippen LogP contribution is 2.44. The number of fused-ring (bicyclic) bond motifs is 3. The average Bonchev–Trinajstić information content (AvgIpc) is 3.00. The molecule has 5 heteroatoms. The molecule has 0 atom stereocenters. The smallest absolute Gasteiger partial charge is 0.407 e. The zero-order valence-electron chi connectivity index (χ0n) is 16.7.